The molecule has 0 aliphatic rings. The van der Waals surface area contributed by atoms with E-state index in [1.807, 2.05) is 0 Å². The van der Waals surface area contributed by atoms with Crippen LogP contribution in [0.4, 0.5) is 0 Å². The Labute approximate surface area is 75.5 Å². The quantitative estimate of drug-likeness (QED) is 0.296. The molecule has 4 nitrogen and oxygen atoms in total. The van der Waals surface area contributed by atoms with Crippen molar-refractivity contribution >= 4 is 49.7 Å². The Bertz CT molecular complexity index is 87.5. The third kappa shape index (κ3) is 9.50. The molecule has 0 N–H and O–H groups in total. The number of carbonyl (C=O) groups is 2. The average Bonchev–Trinajstić information content (AvgIpc) is 1.27. The second kappa shape index (κ2) is 5.34. The maximum atomic E-state index is 9.28. The van der Waals surface area contributed by atoms with Crippen molar-refractivity contribution in [2.75, 3.05) is 0 Å². The van der Waals surface area contributed by atoms with E-state index in [0.29, 0.717) is 0 Å². The van der Waals surface area contributed by atoms with Gasteiger partial charge >= 0.3 is 37.7 Å². The summed E-state index contributed by atoms with van der Waals surface area (Å²) in [6, 6.07) is 0. The molecule has 0 amide bonds. The minimum absolute atomic E-state index is 0. The van der Waals surface area contributed by atoms with Crippen molar-refractivity contribution in [2.45, 2.75) is 6.42 Å². The van der Waals surface area contributed by atoms with Gasteiger partial charge in [-0.05, 0) is 0 Å². The molecule has 0 unspecified atom stereocenters. The number of rotatable bonds is 2. The zero-order valence-corrected chi connectivity index (χ0v) is 6.26. The maximum absolute atomic E-state index is 9.28. The molecule has 8 heavy (non-hydrogen) atoms. The van der Waals surface area contributed by atoms with Gasteiger partial charge in [-0.2, -0.15) is 0 Å². The van der Waals surface area contributed by atoms with Gasteiger partial charge in [0.2, 0.25) is 0 Å². The molecule has 0 rings (SSSR count). The number of hydrogen-bond acceptors (Lipinski definition) is 4. The van der Waals surface area contributed by atoms with Crippen molar-refractivity contribution in [3.05, 3.63) is 0 Å². The molecule has 0 atom stereocenters. The smallest absolute Gasteiger partial charge is 0.550 e. The van der Waals surface area contributed by atoms with E-state index in [1.165, 1.54) is 0 Å². The fourth-order valence-electron chi connectivity index (χ4n) is 0.118. The summed E-state index contributed by atoms with van der Waals surface area (Å²) in [6.45, 7) is 0. The molecule has 0 aliphatic heterocycles. The molecule has 0 aromatic carbocycles. The first-order valence-electron chi connectivity index (χ1n) is 1.52. The van der Waals surface area contributed by atoms with Crippen LogP contribution in [0, 0.1) is 0 Å². The fourth-order valence-corrected chi connectivity index (χ4v) is 0.118. The Morgan fingerprint density at radius 3 is 1.38 bits per heavy atom. The van der Waals surface area contributed by atoms with E-state index in [-0.39, 0.29) is 37.7 Å². The van der Waals surface area contributed by atoms with Crippen LogP contribution in [0.5, 0.6) is 0 Å². The van der Waals surface area contributed by atoms with Crippen LogP contribution in [-0.2, 0) is 9.59 Å². The van der Waals surface area contributed by atoms with E-state index in [9.17, 15) is 19.8 Å². The molecule has 0 aliphatic carbocycles. The SMILES string of the molecule is O=C([O-])CC(=O)[O-].[Ca+2]. The molecule has 5 heteroatoms. The van der Waals surface area contributed by atoms with Crippen LogP contribution in [0.1, 0.15) is 6.42 Å². The van der Waals surface area contributed by atoms with E-state index in [1.54, 1.807) is 0 Å². The van der Waals surface area contributed by atoms with Gasteiger partial charge in [0.25, 0.3) is 0 Å². The van der Waals surface area contributed by atoms with Gasteiger partial charge in [0.15, 0.2) is 0 Å². The van der Waals surface area contributed by atoms with Crippen molar-refractivity contribution in [3.63, 3.8) is 0 Å². The predicted molar refractivity (Wildman–Crippen MR) is 20.4 cm³/mol. The van der Waals surface area contributed by atoms with Crippen LogP contribution in [0.25, 0.3) is 0 Å². The van der Waals surface area contributed by atoms with Gasteiger partial charge in [-0.1, -0.05) is 0 Å². The fraction of sp³-hybridized carbons (Fsp3) is 0.333. The van der Waals surface area contributed by atoms with Gasteiger partial charge < -0.3 is 19.8 Å². The molecule has 0 fully saturated rings. The van der Waals surface area contributed by atoms with Crippen molar-refractivity contribution in [3.8, 4) is 0 Å². The van der Waals surface area contributed by atoms with Crippen LogP contribution >= 0.6 is 0 Å². The van der Waals surface area contributed by atoms with E-state index in [4.69, 9.17) is 0 Å². The molecule has 0 heterocycles. The molecule has 40 valence electrons. The van der Waals surface area contributed by atoms with Crippen molar-refractivity contribution < 1.29 is 19.8 Å². The molecule has 0 radical (unpaired) electrons. The summed E-state index contributed by atoms with van der Waals surface area (Å²) in [5.41, 5.74) is 0. The van der Waals surface area contributed by atoms with Crippen LogP contribution in [0.2, 0.25) is 0 Å². The van der Waals surface area contributed by atoms with Crippen molar-refractivity contribution in [1.82, 2.24) is 0 Å². The van der Waals surface area contributed by atoms with Gasteiger partial charge in [0, 0.05) is 18.4 Å². The topological polar surface area (TPSA) is 80.3 Å². The second-order valence-corrected chi connectivity index (χ2v) is 0.921. The minimum atomic E-state index is -1.63. The molecular formula is C3H2CaO4. The zero-order valence-electron chi connectivity index (χ0n) is 4.05. The summed E-state index contributed by atoms with van der Waals surface area (Å²) >= 11 is 0. The number of carbonyl (C=O) groups excluding carboxylic acids is 2. The standard InChI is InChI=1S/C3H4O4.Ca/c4-2(5)1-3(6)7;/h1H2,(H,4,5)(H,6,7);/q;+2/p-2. The Morgan fingerprint density at radius 2 is 1.38 bits per heavy atom. The van der Waals surface area contributed by atoms with Gasteiger partial charge in [-0.25, -0.2) is 0 Å². The molecule has 0 aromatic heterocycles. The predicted octanol–water partition coefficient (Wildman–Crippen LogP) is -3.50. The van der Waals surface area contributed by atoms with Crippen LogP contribution in [-0.4, -0.2) is 49.7 Å². The first-order valence-corrected chi connectivity index (χ1v) is 1.52. The molecule has 0 aromatic rings. The van der Waals surface area contributed by atoms with E-state index in [2.05, 4.69) is 0 Å². The summed E-state index contributed by atoms with van der Waals surface area (Å²) < 4.78 is 0. The Morgan fingerprint density at radius 1 is 1.12 bits per heavy atom. The summed E-state index contributed by atoms with van der Waals surface area (Å²) in [6.07, 6.45) is -1.03. The zero-order chi connectivity index (χ0) is 5.86. The summed E-state index contributed by atoms with van der Waals surface area (Å²) in [5, 5.41) is 18.6. The van der Waals surface area contributed by atoms with E-state index >= 15 is 0 Å². The number of carboxylic acid groups (broad SMARTS) is 2. The molecule has 0 saturated heterocycles. The summed E-state index contributed by atoms with van der Waals surface area (Å²) in [4.78, 5) is 18.6. The van der Waals surface area contributed by atoms with Crippen molar-refractivity contribution in [2.24, 2.45) is 0 Å². The third-order valence-electron chi connectivity index (χ3n) is 0.289. The third-order valence-corrected chi connectivity index (χ3v) is 0.289. The van der Waals surface area contributed by atoms with Crippen LogP contribution < -0.4 is 10.2 Å². The van der Waals surface area contributed by atoms with E-state index in [0.717, 1.165) is 0 Å². The Kier molecular flexibility index (Phi) is 7.38. The van der Waals surface area contributed by atoms with Crippen LogP contribution in [0.3, 0.4) is 0 Å². The van der Waals surface area contributed by atoms with Crippen molar-refractivity contribution in [1.29, 1.82) is 0 Å². The first-order chi connectivity index (χ1) is 3.13. The van der Waals surface area contributed by atoms with Gasteiger partial charge in [-0.3, -0.25) is 0 Å². The normalized spacial score (nSPS) is 7.00. The molecule has 0 bridgehead atoms. The Hall–Kier alpha value is 0.200. The summed E-state index contributed by atoms with van der Waals surface area (Å²) in [7, 11) is 0. The minimum Gasteiger partial charge on any atom is -0.550 e. The van der Waals surface area contributed by atoms with Crippen LogP contribution in [0.15, 0.2) is 0 Å². The molecule has 0 saturated carbocycles. The number of aliphatic carboxylic acids is 2. The largest absolute Gasteiger partial charge is 2.00 e. The molecular weight excluding hydrogens is 140 g/mol. The monoisotopic (exact) mass is 142 g/mol. The number of carboxylic acids is 2. The van der Waals surface area contributed by atoms with Gasteiger partial charge in [0.05, 0.1) is 0 Å². The second-order valence-electron chi connectivity index (χ2n) is 0.921. The van der Waals surface area contributed by atoms with E-state index < -0.39 is 18.4 Å². The maximum Gasteiger partial charge on any atom is 2.00 e. The van der Waals surface area contributed by atoms with Gasteiger partial charge in [0.1, 0.15) is 0 Å². The number of hydrogen-bond donors (Lipinski definition) is 0. The van der Waals surface area contributed by atoms with Gasteiger partial charge in [-0.15, -0.1) is 0 Å². The molecule has 0 spiro atoms. The average molecular weight is 142 g/mol. The summed E-state index contributed by atoms with van der Waals surface area (Å²) in [5.74, 6) is -3.25. The Balaban J connectivity index is 0. The first kappa shape index (κ1) is 11.1.